The summed E-state index contributed by atoms with van der Waals surface area (Å²) in [5.74, 6) is -2.93. The zero-order valence-corrected chi connectivity index (χ0v) is 18.1. The molecule has 2 aromatic carbocycles. The molecule has 0 radical (unpaired) electrons. The Balaban J connectivity index is 2.31. The maximum Gasteiger partial charge on any atom is 0.439 e. The molecule has 0 N–H and O–H groups in total. The molecule has 0 spiro atoms. The summed E-state index contributed by atoms with van der Waals surface area (Å²) in [6.07, 6.45) is -4.02. The molecule has 0 heterocycles. The molecule has 1 aliphatic carbocycles. The molecule has 12 heteroatoms. The third-order valence-corrected chi connectivity index (χ3v) is 6.28. The largest absolute Gasteiger partial charge is 0.494 e. The van der Waals surface area contributed by atoms with E-state index in [1.807, 2.05) is 0 Å². The van der Waals surface area contributed by atoms with Crippen molar-refractivity contribution in [2.45, 2.75) is 30.9 Å². The van der Waals surface area contributed by atoms with Crippen molar-refractivity contribution in [1.29, 1.82) is 0 Å². The molecule has 0 aliphatic heterocycles. The maximum absolute atomic E-state index is 14.5. The van der Waals surface area contributed by atoms with Gasteiger partial charge in [0.05, 0.1) is 14.2 Å². The van der Waals surface area contributed by atoms with Crippen LogP contribution in [0.15, 0.2) is 30.3 Å². The molecule has 2 aromatic rings. The average molecular weight is 496 g/mol. The van der Waals surface area contributed by atoms with E-state index in [2.05, 4.69) is 4.18 Å². The van der Waals surface area contributed by atoms with Gasteiger partial charge in [-0.15, -0.1) is 0 Å². The summed E-state index contributed by atoms with van der Waals surface area (Å²) in [6, 6.07) is 5.41. The second kappa shape index (κ2) is 9.16. The second-order valence-corrected chi connectivity index (χ2v) is 8.67. The summed E-state index contributed by atoms with van der Waals surface area (Å²) in [6.45, 7) is 0. The molecular formula is C21H18F6O5S. The minimum absolute atomic E-state index is 0.0124. The van der Waals surface area contributed by atoms with Gasteiger partial charge in [-0.05, 0) is 54.7 Å². The molecule has 33 heavy (non-hydrogen) atoms. The molecule has 0 amide bonds. The van der Waals surface area contributed by atoms with E-state index in [1.54, 1.807) is 0 Å². The van der Waals surface area contributed by atoms with Crippen LogP contribution in [0, 0.1) is 11.6 Å². The van der Waals surface area contributed by atoms with Gasteiger partial charge in [-0.25, -0.2) is 17.6 Å². The summed E-state index contributed by atoms with van der Waals surface area (Å²) in [4.78, 5) is 0. The van der Waals surface area contributed by atoms with Crippen molar-refractivity contribution in [3.8, 4) is 11.5 Å². The number of aryl methyl sites for hydroxylation is 1. The zero-order chi connectivity index (χ0) is 24.6. The molecule has 0 saturated carbocycles. The fourth-order valence-electron chi connectivity index (χ4n) is 3.39. The summed E-state index contributed by atoms with van der Waals surface area (Å²) >= 11 is 0. The Bertz CT molecular complexity index is 1190. The summed E-state index contributed by atoms with van der Waals surface area (Å²) in [5, 5.41) is -5.54. The van der Waals surface area contributed by atoms with Crippen LogP contribution < -0.4 is 9.47 Å². The molecule has 180 valence electrons. The summed E-state index contributed by atoms with van der Waals surface area (Å²) in [7, 11) is -3.85. The third kappa shape index (κ3) is 4.61. The highest BCUT2D eigenvalue weighted by atomic mass is 32.2. The van der Waals surface area contributed by atoms with Crippen LogP contribution >= 0.6 is 0 Å². The lowest BCUT2D eigenvalue weighted by atomic mass is 9.98. The minimum Gasteiger partial charge on any atom is -0.494 e. The smallest absolute Gasteiger partial charge is 0.439 e. The van der Waals surface area contributed by atoms with Crippen LogP contribution in [0.1, 0.15) is 29.5 Å². The Morgan fingerprint density at radius 2 is 1.58 bits per heavy atom. The van der Waals surface area contributed by atoms with Crippen LogP contribution in [0.3, 0.4) is 0 Å². The molecule has 3 rings (SSSR count). The number of fused-ring (bicyclic) bond motifs is 1. The predicted molar refractivity (Wildman–Crippen MR) is 107 cm³/mol. The molecule has 0 atom stereocenters. The first kappa shape index (κ1) is 24.7. The van der Waals surface area contributed by atoms with Gasteiger partial charge >= 0.3 is 21.8 Å². The van der Waals surface area contributed by atoms with Crippen LogP contribution in [-0.4, -0.2) is 34.3 Å². The van der Waals surface area contributed by atoms with Gasteiger partial charge in [0.25, 0.3) is 0 Å². The van der Waals surface area contributed by atoms with Crippen molar-refractivity contribution in [2.24, 2.45) is 0 Å². The van der Waals surface area contributed by atoms with E-state index in [1.165, 1.54) is 26.4 Å². The van der Waals surface area contributed by atoms with E-state index in [0.29, 0.717) is 6.42 Å². The zero-order valence-electron chi connectivity index (χ0n) is 17.3. The number of hydrogen-bond donors (Lipinski definition) is 0. The number of benzene rings is 2. The Morgan fingerprint density at radius 3 is 2.18 bits per heavy atom. The SMILES string of the molecule is COc1cc(C2=C(OS(=O)(=O)C(F)(F)C(F)F)c3cc(F)c(OC)cc3CCC2)ccc1F. The standard InChI is InChI=1S/C21H18F6O5S/c1-30-17-9-12(6-7-15(17)22)13-5-3-4-11-8-18(31-2)16(23)10-14(11)19(13)32-33(28,29)21(26,27)20(24)25/h6-10,20H,3-5H2,1-2H3. The number of methoxy groups -OCH3 is 2. The Morgan fingerprint density at radius 1 is 0.939 bits per heavy atom. The number of alkyl halides is 4. The van der Waals surface area contributed by atoms with Crippen molar-refractivity contribution in [3.63, 3.8) is 0 Å². The van der Waals surface area contributed by atoms with Crippen LogP contribution in [-0.2, 0) is 20.7 Å². The van der Waals surface area contributed by atoms with E-state index in [0.717, 1.165) is 18.2 Å². The minimum atomic E-state index is -6.21. The van der Waals surface area contributed by atoms with Gasteiger partial charge in [-0.1, -0.05) is 6.07 Å². The van der Waals surface area contributed by atoms with E-state index in [-0.39, 0.29) is 46.6 Å². The van der Waals surface area contributed by atoms with Crippen LogP contribution in [0.5, 0.6) is 11.5 Å². The number of allylic oxidation sites excluding steroid dienone is 1. The van der Waals surface area contributed by atoms with Gasteiger partial charge in [-0.2, -0.15) is 17.2 Å². The monoisotopic (exact) mass is 496 g/mol. The van der Waals surface area contributed by atoms with Crippen LogP contribution in [0.25, 0.3) is 11.3 Å². The Hall–Kier alpha value is -2.89. The molecule has 0 aromatic heterocycles. The molecule has 0 fully saturated rings. The third-order valence-electron chi connectivity index (χ3n) is 5.05. The van der Waals surface area contributed by atoms with E-state index >= 15 is 0 Å². The lowest BCUT2D eigenvalue weighted by molar-refractivity contribution is -0.0686. The van der Waals surface area contributed by atoms with E-state index in [4.69, 9.17) is 9.47 Å². The van der Waals surface area contributed by atoms with E-state index in [9.17, 15) is 34.8 Å². The fourth-order valence-corrected chi connectivity index (χ4v) is 4.13. The fraction of sp³-hybridized carbons (Fsp3) is 0.333. The van der Waals surface area contributed by atoms with Crippen LogP contribution in [0.4, 0.5) is 26.3 Å². The van der Waals surface area contributed by atoms with Crippen molar-refractivity contribution in [2.75, 3.05) is 14.2 Å². The van der Waals surface area contributed by atoms with Gasteiger partial charge in [0.1, 0.15) is 0 Å². The van der Waals surface area contributed by atoms with Gasteiger partial charge in [-0.3, -0.25) is 0 Å². The Kier molecular flexibility index (Phi) is 6.87. The molecule has 5 nitrogen and oxygen atoms in total. The first-order valence-electron chi connectivity index (χ1n) is 9.46. The predicted octanol–water partition coefficient (Wildman–Crippen LogP) is 5.39. The lowest BCUT2D eigenvalue weighted by Crippen LogP contribution is -2.37. The normalized spacial score (nSPS) is 14.7. The average Bonchev–Trinajstić information content (AvgIpc) is 2.92. The maximum atomic E-state index is 14.5. The summed E-state index contributed by atoms with van der Waals surface area (Å²) in [5.41, 5.74) is 0.119. The molecular weight excluding hydrogens is 478 g/mol. The van der Waals surface area contributed by atoms with Crippen molar-refractivity contribution in [3.05, 3.63) is 58.7 Å². The van der Waals surface area contributed by atoms with Gasteiger partial charge in [0.2, 0.25) is 0 Å². The molecule has 0 saturated heterocycles. The number of hydrogen-bond acceptors (Lipinski definition) is 5. The van der Waals surface area contributed by atoms with E-state index < -0.39 is 39.2 Å². The highest BCUT2D eigenvalue weighted by molar-refractivity contribution is 7.88. The highest BCUT2D eigenvalue weighted by Gasteiger charge is 2.57. The van der Waals surface area contributed by atoms with Crippen molar-refractivity contribution >= 4 is 21.5 Å². The summed E-state index contributed by atoms with van der Waals surface area (Å²) < 4.78 is 120. The second-order valence-electron chi connectivity index (χ2n) is 7.05. The van der Waals surface area contributed by atoms with Gasteiger partial charge in [0.15, 0.2) is 28.9 Å². The number of halogens is 6. The topological polar surface area (TPSA) is 61.8 Å². The number of rotatable bonds is 7. The Labute approximate surface area is 185 Å². The molecule has 0 bridgehead atoms. The highest BCUT2D eigenvalue weighted by Crippen LogP contribution is 2.43. The van der Waals surface area contributed by atoms with Gasteiger partial charge in [0, 0.05) is 11.1 Å². The first-order valence-corrected chi connectivity index (χ1v) is 10.9. The molecule has 0 unspecified atom stereocenters. The van der Waals surface area contributed by atoms with Crippen LogP contribution in [0.2, 0.25) is 0 Å². The number of ether oxygens (including phenoxy) is 2. The quantitative estimate of drug-likeness (QED) is 0.380. The van der Waals surface area contributed by atoms with Crippen molar-refractivity contribution < 1.29 is 48.4 Å². The first-order chi connectivity index (χ1) is 15.4. The lowest BCUT2D eigenvalue weighted by Gasteiger charge is -2.21. The van der Waals surface area contributed by atoms with Gasteiger partial charge < -0.3 is 13.7 Å². The van der Waals surface area contributed by atoms with Crippen molar-refractivity contribution in [1.82, 2.24) is 0 Å². The molecule has 1 aliphatic rings.